The topological polar surface area (TPSA) is 70.8 Å². The van der Waals surface area contributed by atoms with Crippen molar-refractivity contribution in [2.45, 2.75) is 44.8 Å². The molecule has 0 bridgehead atoms. The molecule has 0 aromatic heterocycles. The van der Waals surface area contributed by atoms with Gasteiger partial charge in [-0.1, -0.05) is 0 Å². The molecule has 5 heteroatoms. The second-order valence-corrected chi connectivity index (χ2v) is 4.87. The first-order valence-electron chi connectivity index (χ1n) is 5.04. The zero-order valence-corrected chi connectivity index (χ0v) is 9.54. The molecular weight excluding hydrogens is 198 g/mol. The largest absolute Gasteiger partial charge is 0.460 e. The van der Waals surface area contributed by atoms with Gasteiger partial charge in [-0.05, 0) is 20.8 Å². The molecule has 0 radical (unpaired) electrons. The highest BCUT2D eigenvalue weighted by molar-refractivity contribution is 5.71. The Balaban J connectivity index is 2.49. The van der Waals surface area contributed by atoms with E-state index in [1.54, 1.807) is 0 Å². The summed E-state index contributed by atoms with van der Waals surface area (Å²) >= 11 is 0. The Kier molecular flexibility index (Phi) is 3.70. The van der Waals surface area contributed by atoms with Gasteiger partial charge in [-0.3, -0.25) is 9.63 Å². The molecular formula is C10H19NO4. The fourth-order valence-corrected chi connectivity index (χ4v) is 1.50. The van der Waals surface area contributed by atoms with E-state index < -0.39 is 11.2 Å². The van der Waals surface area contributed by atoms with E-state index in [1.165, 1.54) is 0 Å². The predicted octanol–water partition coefficient (Wildman–Crippen LogP) is 0.768. The maximum absolute atomic E-state index is 11.6. The molecule has 2 N–H and O–H groups in total. The predicted molar refractivity (Wildman–Crippen MR) is 53.9 cm³/mol. The van der Waals surface area contributed by atoms with Gasteiger partial charge in [0.05, 0.1) is 13.0 Å². The molecule has 0 spiro atoms. The summed E-state index contributed by atoms with van der Waals surface area (Å²) in [6, 6.07) is 0. The smallest absolute Gasteiger partial charge is 0.309 e. The van der Waals surface area contributed by atoms with Crippen molar-refractivity contribution in [1.29, 1.82) is 0 Å². The lowest BCUT2D eigenvalue weighted by molar-refractivity contribution is -0.163. The van der Waals surface area contributed by atoms with Crippen LogP contribution in [-0.4, -0.2) is 30.4 Å². The highest BCUT2D eigenvalue weighted by atomic mass is 16.7. The molecule has 1 atom stereocenters. The van der Waals surface area contributed by atoms with E-state index in [-0.39, 0.29) is 12.4 Å². The molecule has 1 saturated heterocycles. The molecule has 1 heterocycles. The van der Waals surface area contributed by atoms with Gasteiger partial charge in [-0.15, -0.1) is 0 Å². The van der Waals surface area contributed by atoms with E-state index in [1.807, 2.05) is 20.8 Å². The van der Waals surface area contributed by atoms with Crippen molar-refractivity contribution in [2.75, 3.05) is 13.2 Å². The van der Waals surface area contributed by atoms with Gasteiger partial charge in [0, 0.05) is 13.0 Å². The van der Waals surface area contributed by atoms with Crippen molar-refractivity contribution in [1.82, 2.24) is 0 Å². The summed E-state index contributed by atoms with van der Waals surface area (Å²) < 4.78 is 10.4. The Hall–Kier alpha value is -0.650. The molecule has 5 nitrogen and oxygen atoms in total. The zero-order chi connectivity index (χ0) is 11.5. The van der Waals surface area contributed by atoms with Gasteiger partial charge in [-0.25, -0.2) is 5.90 Å². The third kappa shape index (κ3) is 3.77. The van der Waals surface area contributed by atoms with E-state index in [0.717, 1.165) is 0 Å². The van der Waals surface area contributed by atoms with E-state index >= 15 is 0 Å². The summed E-state index contributed by atoms with van der Waals surface area (Å²) in [5.74, 6) is 4.89. The minimum absolute atomic E-state index is 0.140. The Morgan fingerprint density at radius 1 is 1.53 bits per heavy atom. The van der Waals surface area contributed by atoms with Gasteiger partial charge in [0.25, 0.3) is 0 Å². The number of hydrogen-bond acceptors (Lipinski definition) is 5. The lowest BCUT2D eigenvalue weighted by Gasteiger charge is -2.26. The van der Waals surface area contributed by atoms with Gasteiger partial charge in [0.2, 0.25) is 0 Å². The van der Waals surface area contributed by atoms with Crippen LogP contribution in [0.1, 0.15) is 33.6 Å². The third-order valence-corrected chi connectivity index (χ3v) is 2.20. The third-order valence-electron chi connectivity index (χ3n) is 2.20. The molecule has 0 aromatic rings. The average Bonchev–Trinajstić information content (AvgIpc) is 2.50. The highest BCUT2D eigenvalue weighted by Gasteiger charge is 2.39. The van der Waals surface area contributed by atoms with E-state index in [9.17, 15) is 4.79 Å². The van der Waals surface area contributed by atoms with Gasteiger partial charge >= 0.3 is 5.97 Å². The van der Waals surface area contributed by atoms with Crippen molar-refractivity contribution in [3.05, 3.63) is 0 Å². The van der Waals surface area contributed by atoms with Gasteiger partial charge in [0.1, 0.15) is 11.2 Å². The van der Waals surface area contributed by atoms with Crippen LogP contribution in [0.4, 0.5) is 0 Å². The van der Waals surface area contributed by atoms with E-state index in [0.29, 0.717) is 19.6 Å². The molecule has 0 amide bonds. The fraction of sp³-hybridized carbons (Fsp3) is 0.900. The van der Waals surface area contributed by atoms with Crippen LogP contribution in [0.2, 0.25) is 0 Å². The summed E-state index contributed by atoms with van der Waals surface area (Å²) in [7, 11) is 0. The number of ether oxygens (including phenoxy) is 2. The number of rotatable bonds is 3. The SMILES string of the molecule is CC(C)(C)OC(=O)CC1(ON)CCOC1. The van der Waals surface area contributed by atoms with Crippen molar-refractivity contribution in [2.24, 2.45) is 5.90 Å². The van der Waals surface area contributed by atoms with Gasteiger partial charge in [-0.2, -0.15) is 0 Å². The normalized spacial score (nSPS) is 26.7. The summed E-state index contributed by atoms with van der Waals surface area (Å²) in [5, 5.41) is 0. The van der Waals surface area contributed by atoms with E-state index in [4.69, 9.17) is 20.2 Å². The number of carbonyl (C=O) groups is 1. The molecule has 1 fully saturated rings. The van der Waals surface area contributed by atoms with Crippen LogP contribution in [0.25, 0.3) is 0 Å². The Labute approximate surface area is 89.8 Å². The molecule has 1 rings (SSSR count). The Bertz CT molecular complexity index is 228. The molecule has 1 aliphatic heterocycles. The zero-order valence-electron chi connectivity index (χ0n) is 9.54. The number of hydrogen-bond donors (Lipinski definition) is 1. The Morgan fingerprint density at radius 2 is 2.20 bits per heavy atom. The van der Waals surface area contributed by atoms with Crippen LogP contribution < -0.4 is 5.90 Å². The minimum atomic E-state index is -0.692. The lowest BCUT2D eigenvalue weighted by Crippen LogP contribution is -2.40. The number of esters is 1. The molecule has 0 saturated carbocycles. The summed E-state index contributed by atoms with van der Waals surface area (Å²) in [6.07, 6.45) is 0.767. The van der Waals surface area contributed by atoms with Crippen molar-refractivity contribution in [3.8, 4) is 0 Å². The standard InChI is InChI=1S/C10H19NO4/c1-9(2,3)14-8(12)6-10(15-11)4-5-13-7-10/h4-7,11H2,1-3H3. The second-order valence-electron chi connectivity index (χ2n) is 4.87. The lowest BCUT2D eigenvalue weighted by atomic mass is 9.99. The van der Waals surface area contributed by atoms with Crippen LogP contribution in [0.3, 0.4) is 0 Å². The maximum atomic E-state index is 11.6. The van der Waals surface area contributed by atoms with Gasteiger partial charge < -0.3 is 9.47 Å². The summed E-state index contributed by atoms with van der Waals surface area (Å²) in [6.45, 7) is 6.40. The molecule has 15 heavy (non-hydrogen) atoms. The van der Waals surface area contributed by atoms with Crippen LogP contribution in [0.5, 0.6) is 0 Å². The van der Waals surface area contributed by atoms with Crippen molar-refractivity contribution >= 4 is 5.97 Å². The van der Waals surface area contributed by atoms with Gasteiger partial charge in [0.15, 0.2) is 0 Å². The van der Waals surface area contributed by atoms with Crippen molar-refractivity contribution < 1.29 is 19.1 Å². The van der Waals surface area contributed by atoms with Crippen molar-refractivity contribution in [3.63, 3.8) is 0 Å². The first kappa shape index (κ1) is 12.4. The second kappa shape index (κ2) is 4.47. The monoisotopic (exact) mass is 217 g/mol. The van der Waals surface area contributed by atoms with Crippen LogP contribution >= 0.6 is 0 Å². The minimum Gasteiger partial charge on any atom is -0.460 e. The number of nitrogens with two attached hydrogens (primary N) is 1. The number of carbonyl (C=O) groups excluding carboxylic acids is 1. The molecule has 1 aliphatic rings. The maximum Gasteiger partial charge on any atom is 0.309 e. The molecule has 0 aliphatic carbocycles. The average molecular weight is 217 g/mol. The van der Waals surface area contributed by atoms with Crippen LogP contribution in [0, 0.1) is 0 Å². The quantitative estimate of drug-likeness (QED) is 0.558. The summed E-state index contributed by atoms with van der Waals surface area (Å²) in [5.41, 5.74) is -1.17. The molecule has 1 unspecified atom stereocenters. The van der Waals surface area contributed by atoms with E-state index in [2.05, 4.69) is 0 Å². The van der Waals surface area contributed by atoms with Crippen LogP contribution in [-0.2, 0) is 19.1 Å². The molecule has 0 aromatic carbocycles. The van der Waals surface area contributed by atoms with Crippen LogP contribution in [0.15, 0.2) is 0 Å². The molecule has 88 valence electrons. The highest BCUT2D eigenvalue weighted by Crippen LogP contribution is 2.26. The summed E-state index contributed by atoms with van der Waals surface area (Å²) in [4.78, 5) is 16.4. The Morgan fingerprint density at radius 3 is 2.60 bits per heavy atom. The first-order valence-corrected chi connectivity index (χ1v) is 5.04. The fourth-order valence-electron chi connectivity index (χ4n) is 1.50. The first-order chi connectivity index (χ1) is 6.87.